The number of likely N-dealkylation sites (tertiary alicyclic amines) is 2. The first-order chi connectivity index (χ1) is 35.3. The van der Waals surface area contributed by atoms with Crippen molar-refractivity contribution in [2.75, 3.05) is 74.3 Å². The fraction of sp³-hybridized carbons (Fsp3) is 0.509. The lowest BCUT2D eigenvalue weighted by atomic mass is 9.60. The number of para-hydroxylation sites is 1. The molecule has 1 aliphatic carbocycles. The van der Waals surface area contributed by atoms with Crippen molar-refractivity contribution in [3.63, 3.8) is 0 Å². The van der Waals surface area contributed by atoms with Gasteiger partial charge in [-0.05, 0) is 107 Å². The van der Waals surface area contributed by atoms with Crippen LogP contribution in [0.15, 0.2) is 82.3 Å². The number of carbonyl (C=O) groups excluding carboxylic acids is 1. The van der Waals surface area contributed by atoms with Gasteiger partial charge in [0, 0.05) is 73.1 Å². The number of nitrogens with one attached hydrogen (secondary N) is 2. The molecule has 6 fully saturated rings. The van der Waals surface area contributed by atoms with E-state index in [-0.39, 0.29) is 60.5 Å². The maximum absolute atomic E-state index is 14.8. The van der Waals surface area contributed by atoms with Crippen molar-refractivity contribution in [2.24, 2.45) is 5.41 Å². The van der Waals surface area contributed by atoms with Gasteiger partial charge in [0.2, 0.25) is 11.6 Å². The minimum absolute atomic E-state index is 0.0174. The third-order valence-corrected chi connectivity index (χ3v) is 18.0. The number of ether oxygens (including phenoxy) is 5. The molecule has 384 valence electrons. The van der Waals surface area contributed by atoms with E-state index in [0.29, 0.717) is 54.2 Å². The summed E-state index contributed by atoms with van der Waals surface area (Å²) in [5.41, 5.74) is 3.53. The molecule has 2 N–H and O–H groups in total. The van der Waals surface area contributed by atoms with E-state index >= 15 is 0 Å². The summed E-state index contributed by atoms with van der Waals surface area (Å²) in [6, 6.07) is 20.4. The third kappa shape index (κ3) is 8.38. The first-order valence-electron chi connectivity index (χ1n) is 25.8. The van der Waals surface area contributed by atoms with Gasteiger partial charge in [0.05, 0.1) is 71.4 Å². The summed E-state index contributed by atoms with van der Waals surface area (Å²) in [5.74, 6) is 0.390. The minimum Gasteiger partial charge on any atom is -0.491 e. The van der Waals surface area contributed by atoms with Crippen LogP contribution in [-0.2, 0) is 19.5 Å². The van der Waals surface area contributed by atoms with E-state index in [9.17, 15) is 23.3 Å². The highest BCUT2D eigenvalue weighted by atomic mass is 32.2. The molecule has 9 heterocycles. The molecule has 73 heavy (non-hydrogen) atoms. The van der Waals surface area contributed by atoms with Crippen molar-refractivity contribution in [1.82, 2.24) is 19.5 Å². The number of benzene rings is 3. The number of hydrogen-bond donors (Lipinski definition) is 2. The molecular formula is C53H60N8O11S. The van der Waals surface area contributed by atoms with Crippen molar-refractivity contribution in [1.29, 1.82) is 0 Å². The number of furan rings is 1. The van der Waals surface area contributed by atoms with Crippen LogP contribution in [0.5, 0.6) is 17.4 Å². The summed E-state index contributed by atoms with van der Waals surface area (Å²) in [6.45, 7) is 9.63. The van der Waals surface area contributed by atoms with Crippen LogP contribution in [0.4, 0.5) is 28.4 Å². The number of sulfonamides is 1. The molecule has 1 spiro atoms. The molecule has 8 aliphatic rings. The van der Waals surface area contributed by atoms with Crippen molar-refractivity contribution >= 4 is 55.5 Å². The fourth-order valence-corrected chi connectivity index (χ4v) is 14.1. The number of fused-ring (bicyclic) bond motifs is 6. The second-order valence-electron chi connectivity index (χ2n) is 21.6. The quantitative estimate of drug-likeness (QED) is 0.0939. The molecule has 5 saturated heterocycles. The first-order valence-corrected chi connectivity index (χ1v) is 27.3. The molecule has 20 heteroatoms. The van der Waals surface area contributed by atoms with E-state index in [0.717, 1.165) is 87.6 Å². The number of nitrogens with zero attached hydrogens (tertiary/aromatic N) is 6. The van der Waals surface area contributed by atoms with Gasteiger partial charge < -0.3 is 43.2 Å². The second kappa shape index (κ2) is 18.0. The molecule has 1 amide bonds. The van der Waals surface area contributed by atoms with Gasteiger partial charge in [0.15, 0.2) is 11.4 Å². The number of carbonyl (C=O) groups is 1. The van der Waals surface area contributed by atoms with Crippen LogP contribution in [0.1, 0.15) is 80.8 Å². The number of pyridine rings is 1. The Balaban J connectivity index is 0.773. The van der Waals surface area contributed by atoms with E-state index in [1.54, 1.807) is 18.4 Å². The number of anilines is 4. The number of aromatic nitrogens is 1. The molecule has 2 aromatic heterocycles. The number of morpholine rings is 1. The molecule has 5 aromatic rings. The molecule has 0 radical (unpaired) electrons. The summed E-state index contributed by atoms with van der Waals surface area (Å²) in [4.78, 5) is 40.3. The number of nitro benzene ring substituents is 1. The van der Waals surface area contributed by atoms with Crippen molar-refractivity contribution in [2.45, 2.75) is 112 Å². The van der Waals surface area contributed by atoms with Gasteiger partial charge in [-0.3, -0.25) is 24.7 Å². The molecule has 19 nitrogen and oxygen atoms in total. The molecule has 2 bridgehead atoms. The number of rotatable bonds is 12. The average molecular weight is 1020 g/mol. The maximum Gasteiger partial charge on any atom is 0.297 e. The van der Waals surface area contributed by atoms with Gasteiger partial charge in [-0.1, -0.05) is 18.2 Å². The van der Waals surface area contributed by atoms with E-state index in [1.165, 1.54) is 18.1 Å². The second-order valence-corrected chi connectivity index (χ2v) is 23.3. The maximum atomic E-state index is 14.8. The first kappa shape index (κ1) is 46.6. The summed E-state index contributed by atoms with van der Waals surface area (Å²) in [6.07, 6.45) is 9.00. The van der Waals surface area contributed by atoms with E-state index in [2.05, 4.69) is 62.9 Å². The Hall–Kier alpha value is -6.19. The zero-order chi connectivity index (χ0) is 49.8. The Bertz CT molecular complexity index is 3100. The standard InChI is InChI=1S/C53H60N8O11S/c1-31(2)71-46-8-4-3-6-39(46)41-7-5-14-59(41)36-23-53(24-36)12-15-57(16-13-53)34-9-10-40(42(20-34)60-44-18-32-11-17-68-51(32)55-52(44)72-48-30-67-29-45(48)60)50(62)56-73(65,66)38-21-43(61(63)64)49-47(22-38)70-27-33(54-49)25-58-26-37-19-35(58)28-69-37/h3-4,6,8-11,17-18,20-22,31,33,35-37,41,45,48,54H,5,7,12-16,19,23-30H2,1-2H3,(H,56,62)/t33-,35+,37+,41-,45+,48+/m0/s1. The molecule has 3 aromatic carbocycles. The number of nitro groups is 1. The van der Waals surface area contributed by atoms with Crippen LogP contribution >= 0.6 is 0 Å². The van der Waals surface area contributed by atoms with Crippen molar-refractivity contribution in [3.05, 3.63) is 94.2 Å². The van der Waals surface area contributed by atoms with Gasteiger partial charge in [0.1, 0.15) is 24.1 Å². The lowest BCUT2D eigenvalue weighted by Gasteiger charge is -2.56. The van der Waals surface area contributed by atoms with Gasteiger partial charge in [-0.2, -0.15) is 4.98 Å². The summed E-state index contributed by atoms with van der Waals surface area (Å²) in [5, 5.41) is 16.5. The predicted molar refractivity (Wildman–Crippen MR) is 270 cm³/mol. The molecule has 6 atom stereocenters. The molecule has 13 rings (SSSR count). The van der Waals surface area contributed by atoms with Gasteiger partial charge >= 0.3 is 0 Å². The molecule has 1 saturated carbocycles. The summed E-state index contributed by atoms with van der Waals surface area (Å²) in [7, 11) is -4.71. The lowest BCUT2D eigenvalue weighted by molar-refractivity contribution is -0.384. The van der Waals surface area contributed by atoms with Crippen LogP contribution in [0.2, 0.25) is 0 Å². The fourth-order valence-electron chi connectivity index (χ4n) is 13.1. The highest BCUT2D eigenvalue weighted by Gasteiger charge is 2.51. The van der Waals surface area contributed by atoms with Crippen molar-refractivity contribution in [3.8, 4) is 17.4 Å². The van der Waals surface area contributed by atoms with Crippen LogP contribution in [0, 0.1) is 15.5 Å². The van der Waals surface area contributed by atoms with E-state index < -0.39 is 43.6 Å². The topological polar surface area (TPSA) is 204 Å². The largest absolute Gasteiger partial charge is 0.491 e. The monoisotopic (exact) mass is 1020 g/mol. The Morgan fingerprint density at radius 2 is 1.85 bits per heavy atom. The molecule has 7 aliphatic heterocycles. The Morgan fingerprint density at radius 3 is 2.64 bits per heavy atom. The number of amides is 1. The van der Waals surface area contributed by atoms with Crippen LogP contribution in [0.3, 0.4) is 0 Å². The highest BCUT2D eigenvalue weighted by molar-refractivity contribution is 7.90. The van der Waals surface area contributed by atoms with E-state index in [4.69, 9.17) is 33.1 Å². The molecule has 0 unspecified atom stereocenters. The average Bonchev–Trinajstić information content (AvgIpc) is 4.25. The van der Waals surface area contributed by atoms with Crippen molar-refractivity contribution < 1.29 is 46.2 Å². The minimum atomic E-state index is -4.71. The Labute approximate surface area is 423 Å². The van der Waals surface area contributed by atoms with Gasteiger partial charge in [-0.25, -0.2) is 13.1 Å². The summed E-state index contributed by atoms with van der Waals surface area (Å²) < 4.78 is 67.1. The zero-order valence-corrected chi connectivity index (χ0v) is 41.8. The Morgan fingerprint density at radius 1 is 1.00 bits per heavy atom. The van der Waals surface area contributed by atoms with E-state index in [1.807, 2.05) is 23.1 Å². The number of hydrogen-bond acceptors (Lipinski definition) is 17. The smallest absolute Gasteiger partial charge is 0.297 e. The third-order valence-electron chi connectivity index (χ3n) is 16.7. The summed E-state index contributed by atoms with van der Waals surface area (Å²) >= 11 is 0. The van der Waals surface area contributed by atoms with Gasteiger partial charge in [-0.15, -0.1) is 0 Å². The molecular weight excluding hydrogens is 957 g/mol. The zero-order valence-electron chi connectivity index (χ0n) is 40.9. The van der Waals surface area contributed by atoms with Crippen LogP contribution in [0.25, 0.3) is 11.1 Å². The Kier molecular flexibility index (Phi) is 11.5. The number of piperidine rings is 1. The SMILES string of the molecule is CC(C)Oc1ccccc1[C@@H]1CCCN1C1CC2(CCN(c3ccc(C(=O)NS(=O)(=O)c4cc5c(c([N+](=O)[O-])c4)N[C@@H](CN4C[C@H]6C[C@@H]4CO6)CO5)c(N4c5cc6ccoc6nc5O[C@@H]5COC[C@H]54)c3)CC2)C1. The normalized spacial score (nSPS) is 26.5. The van der Waals surface area contributed by atoms with Crippen LogP contribution < -0.4 is 34.0 Å². The lowest BCUT2D eigenvalue weighted by Crippen LogP contribution is -2.55. The highest BCUT2D eigenvalue weighted by Crippen LogP contribution is 2.55. The predicted octanol–water partition coefficient (Wildman–Crippen LogP) is 7.17. The van der Waals surface area contributed by atoms with Crippen LogP contribution in [-0.4, -0.2) is 136 Å². The van der Waals surface area contributed by atoms with Gasteiger partial charge in [0.25, 0.3) is 21.6 Å².